The number of aromatic hydroxyl groups is 1. The third-order valence-electron chi connectivity index (χ3n) is 5.77. The van der Waals surface area contributed by atoms with Crippen molar-refractivity contribution in [2.45, 2.75) is 31.3 Å². The number of aromatic carboxylic acids is 1. The van der Waals surface area contributed by atoms with Gasteiger partial charge in [-0.3, -0.25) is 4.79 Å². The molecule has 1 aromatic carbocycles. The number of rotatable bonds is 4. The van der Waals surface area contributed by atoms with Crippen molar-refractivity contribution in [1.29, 1.82) is 0 Å². The van der Waals surface area contributed by atoms with Crippen LogP contribution in [0.3, 0.4) is 0 Å². The second kappa shape index (κ2) is 6.51. The molecule has 2 fully saturated rings. The van der Waals surface area contributed by atoms with Gasteiger partial charge in [0.1, 0.15) is 11.3 Å². The Morgan fingerprint density at radius 1 is 1.17 bits per heavy atom. The second-order valence-corrected chi connectivity index (χ2v) is 7.64. The standard InChI is InChI=1S/C19H17F2N5O4/c20-13-15-12(17(27)11(19(29)30)8-25(15)9-1-2-9)18(28)14(21)16(13)24-5-3-10(7-24)26-6-4-22-23-26/h4,6,8-10,28H,1-3,5,7H2,(H,29,30). The number of carbonyl (C=O) groups is 1. The predicted octanol–water partition coefficient (Wildman–Crippen LogP) is 2.06. The Balaban J connectivity index is 1.71. The Labute approximate surface area is 167 Å². The van der Waals surface area contributed by atoms with Crippen LogP contribution in [-0.4, -0.2) is 48.8 Å². The molecule has 0 bridgehead atoms. The molecule has 0 amide bonds. The minimum absolute atomic E-state index is 0.149. The zero-order valence-electron chi connectivity index (χ0n) is 15.6. The van der Waals surface area contributed by atoms with Gasteiger partial charge in [-0.15, -0.1) is 5.10 Å². The molecule has 11 heteroatoms. The zero-order valence-corrected chi connectivity index (χ0v) is 15.6. The van der Waals surface area contributed by atoms with Gasteiger partial charge in [-0.25, -0.2) is 18.3 Å². The number of aromatic nitrogens is 4. The summed E-state index contributed by atoms with van der Waals surface area (Å²) in [6.45, 7) is 0.549. The smallest absolute Gasteiger partial charge is 0.341 e. The van der Waals surface area contributed by atoms with Crippen molar-refractivity contribution in [2.24, 2.45) is 0 Å². The van der Waals surface area contributed by atoms with Crippen LogP contribution in [0.1, 0.15) is 41.7 Å². The monoisotopic (exact) mass is 417 g/mol. The van der Waals surface area contributed by atoms with Gasteiger partial charge >= 0.3 is 5.97 Å². The van der Waals surface area contributed by atoms with Crippen molar-refractivity contribution in [3.63, 3.8) is 0 Å². The summed E-state index contributed by atoms with van der Waals surface area (Å²) in [5.41, 5.74) is -2.45. The number of nitrogens with zero attached hydrogens (tertiary/aromatic N) is 5. The molecule has 2 N–H and O–H groups in total. The molecule has 30 heavy (non-hydrogen) atoms. The molecule has 0 spiro atoms. The number of hydrogen-bond donors (Lipinski definition) is 2. The van der Waals surface area contributed by atoms with Gasteiger partial charge in [-0.05, 0) is 19.3 Å². The molecule has 2 aliphatic rings. The quantitative estimate of drug-likeness (QED) is 0.668. The van der Waals surface area contributed by atoms with E-state index in [2.05, 4.69) is 10.3 Å². The maximum absolute atomic E-state index is 15.7. The third kappa shape index (κ3) is 2.65. The van der Waals surface area contributed by atoms with Crippen molar-refractivity contribution in [2.75, 3.05) is 18.0 Å². The molecule has 9 nitrogen and oxygen atoms in total. The molecule has 1 saturated carbocycles. The van der Waals surface area contributed by atoms with Crippen molar-refractivity contribution in [3.05, 3.63) is 46.0 Å². The summed E-state index contributed by atoms with van der Waals surface area (Å²) in [6.07, 6.45) is 6.16. The first-order valence-electron chi connectivity index (χ1n) is 9.51. The molecule has 0 radical (unpaired) electrons. The molecule has 156 valence electrons. The van der Waals surface area contributed by atoms with Gasteiger partial charge in [0.15, 0.2) is 17.4 Å². The van der Waals surface area contributed by atoms with E-state index < -0.39 is 45.4 Å². The Morgan fingerprint density at radius 3 is 2.57 bits per heavy atom. The summed E-state index contributed by atoms with van der Waals surface area (Å²) >= 11 is 0. The molecule has 5 rings (SSSR count). The molecular formula is C19H17F2N5O4. The van der Waals surface area contributed by atoms with E-state index in [-0.39, 0.29) is 24.1 Å². The minimum atomic E-state index is -1.52. The van der Waals surface area contributed by atoms with Crippen molar-refractivity contribution in [1.82, 2.24) is 19.6 Å². The predicted molar refractivity (Wildman–Crippen MR) is 101 cm³/mol. The van der Waals surface area contributed by atoms with Crippen LogP contribution in [-0.2, 0) is 0 Å². The summed E-state index contributed by atoms with van der Waals surface area (Å²) in [4.78, 5) is 25.5. The maximum Gasteiger partial charge on any atom is 0.341 e. The lowest BCUT2D eigenvalue weighted by Gasteiger charge is -2.23. The lowest BCUT2D eigenvalue weighted by atomic mass is 10.1. The molecule has 3 aromatic rings. The summed E-state index contributed by atoms with van der Waals surface area (Å²) in [5, 5.41) is 26.8. The molecule has 1 saturated heterocycles. The highest BCUT2D eigenvalue weighted by molar-refractivity contribution is 5.96. The molecular weight excluding hydrogens is 400 g/mol. The van der Waals surface area contributed by atoms with Crippen LogP contribution in [0.5, 0.6) is 5.75 Å². The van der Waals surface area contributed by atoms with Crippen LogP contribution < -0.4 is 10.3 Å². The highest BCUT2D eigenvalue weighted by Gasteiger charge is 2.35. The van der Waals surface area contributed by atoms with Crippen LogP contribution in [0.25, 0.3) is 10.9 Å². The number of carboxylic acids is 1. The van der Waals surface area contributed by atoms with E-state index in [9.17, 15) is 19.8 Å². The van der Waals surface area contributed by atoms with Crippen LogP contribution in [0.15, 0.2) is 23.4 Å². The van der Waals surface area contributed by atoms with Crippen molar-refractivity contribution >= 4 is 22.6 Å². The lowest BCUT2D eigenvalue weighted by molar-refractivity contribution is 0.0695. The van der Waals surface area contributed by atoms with Crippen LogP contribution >= 0.6 is 0 Å². The molecule has 1 atom stereocenters. The zero-order chi connectivity index (χ0) is 21.2. The normalized spacial score (nSPS) is 19.0. The average Bonchev–Trinajstić information content (AvgIpc) is 3.20. The highest BCUT2D eigenvalue weighted by Crippen LogP contribution is 2.43. The first-order chi connectivity index (χ1) is 14.4. The number of fused-ring (bicyclic) bond motifs is 1. The molecule has 1 aliphatic heterocycles. The van der Waals surface area contributed by atoms with Gasteiger partial charge in [0.2, 0.25) is 5.43 Å². The molecule has 3 heterocycles. The fourth-order valence-electron chi connectivity index (χ4n) is 4.15. The van der Waals surface area contributed by atoms with Crippen LogP contribution in [0.4, 0.5) is 14.5 Å². The largest absolute Gasteiger partial charge is 0.504 e. The topological polar surface area (TPSA) is 113 Å². The van der Waals surface area contributed by atoms with Crippen molar-refractivity contribution < 1.29 is 23.8 Å². The SMILES string of the molecule is O=C(O)c1cn(C2CC2)c2c(F)c(N3CCC(n4ccnn4)C3)c(F)c(O)c2c1=O. The van der Waals surface area contributed by atoms with E-state index >= 15 is 8.78 Å². The van der Waals surface area contributed by atoms with Gasteiger partial charge < -0.3 is 19.7 Å². The van der Waals surface area contributed by atoms with Crippen molar-refractivity contribution in [3.8, 4) is 5.75 Å². The average molecular weight is 417 g/mol. The maximum atomic E-state index is 15.7. The van der Waals surface area contributed by atoms with E-state index in [1.807, 2.05) is 0 Å². The number of phenols is 1. The second-order valence-electron chi connectivity index (χ2n) is 7.64. The summed E-state index contributed by atoms with van der Waals surface area (Å²) in [5.74, 6) is -4.81. The molecule has 1 unspecified atom stereocenters. The fourth-order valence-corrected chi connectivity index (χ4v) is 4.15. The van der Waals surface area contributed by atoms with Gasteiger partial charge in [-0.2, -0.15) is 0 Å². The number of hydrogen-bond acceptors (Lipinski definition) is 6. The first-order valence-corrected chi connectivity index (χ1v) is 9.51. The van der Waals surface area contributed by atoms with Gasteiger partial charge in [-0.1, -0.05) is 5.21 Å². The third-order valence-corrected chi connectivity index (χ3v) is 5.77. The Morgan fingerprint density at radius 2 is 1.93 bits per heavy atom. The lowest BCUT2D eigenvalue weighted by Crippen LogP contribution is -2.25. The Hall–Kier alpha value is -3.50. The minimum Gasteiger partial charge on any atom is -0.504 e. The van der Waals surface area contributed by atoms with E-state index in [1.165, 1.54) is 15.7 Å². The van der Waals surface area contributed by atoms with Gasteiger partial charge in [0.05, 0.1) is 23.1 Å². The van der Waals surface area contributed by atoms with Gasteiger partial charge in [0.25, 0.3) is 0 Å². The number of benzene rings is 1. The Bertz CT molecular complexity index is 1240. The number of phenolic OH excluding ortho intramolecular Hbond substituents is 1. The van der Waals surface area contributed by atoms with Gasteiger partial charge in [0, 0.05) is 31.5 Å². The fraction of sp³-hybridized carbons (Fsp3) is 0.368. The van der Waals surface area contributed by atoms with E-state index in [4.69, 9.17) is 0 Å². The molecule has 2 aromatic heterocycles. The highest BCUT2D eigenvalue weighted by atomic mass is 19.1. The summed E-state index contributed by atoms with van der Waals surface area (Å²) < 4.78 is 33.7. The van der Waals surface area contributed by atoms with E-state index in [0.717, 1.165) is 6.20 Å². The number of carboxylic acid groups (broad SMARTS) is 1. The van der Waals surface area contributed by atoms with E-state index in [0.29, 0.717) is 25.8 Å². The van der Waals surface area contributed by atoms with E-state index in [1.54, 1.807) is 10.9 Å². The van der Waals surface area contributed by atoms with Crippen LogP contribution in [0, 0.1) is 11.6 Å². The number of halogens is 2. The Kier molecular flexibility index (Phi) is 4.02. The number of anilines is 1. The number of pyridine rings is 1. The molecule has 1 aliphatic carbocycles. The van der Waals surface area contributed by atoms with Crippen LogP contribution in [0.2, 0.25) is 0 Å². The summed E-state index contributed by atoms with van der Waals surface area (Å²) in [7, 11) is 0. The summed E-state index contributed by atoms with van der Waals surface area (Å²) in [6, 6.07) is -0.357. The first kappa shape index (κ1) is 18.5.